The van der Waals surface area contributed by atoms with Crippen molar-refractivity contribution in [2.45, 2.75) is 25.4 Å². The fraction of sp³-hybridized carbons (Fsp3) is 0.385. The molecule has 1 aromatic carbocycles. The van der Waals surface area contributed by atoms with Gasteiger partial charge in [0.15, 0.2) is 5.13 Å². The van der Waals surface area contributed by atoms with Crippen molar-refractivity contribution in [2.24, 2.45) is 0 Å². The zero-order chi connectivity index (χ0) is 13.2. The van der Waals surface area contributed by atoms with E-state index >= 15 is 0 Å². The summed E-state index contributed by atoms with van der Waals surface area (Å²) < 4.78 is 6.41. The summed E-state index contributed by atoms with van der Waals surface area (Å²) >= 11 is 7.35. The zero-order valence-electron chi connectivity index (χ0n) is 10.2. The quantitative estimate of drug-likeness (QED) is 0.943. The predicted molar refractivity (Wildman–Crippen MR) is 76.9 cm³/mol. The smallest absolute Gasteiger partial charge is 0.228 e. The molecule has 2 aromatic rings. The number of hydrogen-bond acceptors (Lipinski definition) is 4. The maximum Gasteiger partial charge on any atom is 0.228 e. The number of halogens is 1. The van der Waals surface area contributed by atoms with E-state index in [2.05, 4.69) is 10.3 Å². The standard InChI is InChI=1S/C13H13ClN2O2S/c14-8-3-4-10-11(6-8)19-13(15-10)16-12(17)7-9-2-1-5-18-9/h3-4,6,9H,1-2,5,7H2,(H,15,16,17). The first kappa shape index (κ1) is 12.8. The number of rotatable bonds is 3. The van der Waals surface area contributed by atoms with Crippen LogP contribution in [-0.2, 0) is 9.53 Å². The summed E-state index contributed by atoms with van der Waals surface area (Å²) in [6.07, 6.45) is 2.46. The van der Waals surface area contributed by atoms with Crippen molar-refractivity contribution in [3.8, 4) is 0 Å². The van der Waals surface area contributed by atoms with E-state index in [0.29, 0.717) is 16.6 Å². The Bertz CT molecular complexity index is 608. The van der Waals surface area contributed by atoms with Gasteiger partial charge in [0.05, 0.1) is 22.7 Å². The number of nitrogens with zero attached hydrogens (tertiary/aromatic N) is 1. The van der Waals surface area contributed by atoms with Gasteiger partial charge in [0.2, 0.25) is 5.91 Å². The van der Waals surface area contributed by atoms with Crippen LogP contribution in [0.5, 0.6) is 0 Å². The number of aromatic nitrogens is 1. The maximum atomic E-state index is 11.9. The van der Waals surface area contributed by atoms with E-state index in [1.807, 2.05) is 12.1 Å². The second-order valence-electron chi connectivity index (χ2n) is 4.52. The largest absolute Gasteiger partial charge is 0.378 e. The number of nitrogens with one attached hydrogen (secondary N) is 1. The summed E-state index contributed by atoms with van der Waals surface area (Å²) in [5, 5.41) is 4.11. The van der Waals surface area contributed by atoms with Crippen molar-refractivity contribution < 1.29 is 9.53 Å². The summed E-state index contributed by atoms with van der Waals surface area (Å²) in [5.74, 6) is -0.0444. The Morgan fingerprint density at radius 1 is 1.58 bits per heavy atom. The second-order valence-corrected chi connectivity index (χ2v) is 5.99. The van der Waals surface area contributed by atoms with Gasteiger partial charge in [-0.3, -0.25) is 4.79 Å². The summed E-state index contributed by atoms with van der Waals surface area (Å²) in [4.78, 5) is 16.2. The predicted octanol–water partition coefficient (Wildman–Crippen LogP) is 3.46. The number of amides is 1. The van der Waals surface area contributed by atoms with Gasteiger partial charge in [0.25, 0.3) is 0 Å². The minimum absolute atomic E-state index is 0.0444. The van der Waals surface area contributed by atoms with Crippen LogP contribution in [0.2, 0.25) is 5.02 Å². The normalized spacial score (nSPS) is 18.9. The zero-order valence-corrected chi connectivity index (χ0v) is 11.8. The van der Waals surface area contributed by atoms with Gasteiger partial charge in [-0.05, 0) is 31.0 Å². The van der Waals surface area contributed by atoms with Gasteiger partial charge in [-0.1, -0.05) is 22.9 Å². The molecule has 1 aliphatic rings. The molecule has 19 heavy (non-hydrogen) atoms. The summed E-state index contributed by atoms with van der Waals surface area (Å²) in [6.45, 7) is 0.761. The number of anilines is 1. The van der Waals surface area contributed by atoms with Gasteiger partial charge >= 0.3 is 0 Å². The summed E-state index contributed by atoms with van der Waals surface area (Å²) in [6, 6.07) is 5.50. The van der Waals surface area contributed by atoms with Crippen LogP contribution >= 0.6 is 22.9 Å². The molecule has 6 heteroatoms. The molecular formula is C13H13ClN2O2S. The van der Waals surface area contributed by atoms with Gasteiger partial charge < -0.3 is 10.1 Å². The summed E-state index contributed by atoms with van der Waals surface area (Å²) in [5.41, 5.74) is 0.849. The Hall–Kier alpha value is -1.17. The van der Waals surface area contributed by atoms with Crippen molar-refractivity contribution in [3.05, 3.63) is 23.2 Å². The summed E-state index contributed by atoms with van der Waals surface area (Å²) in [7, 11) is 0. The van der Waals surface area contributed by atoms with Crippen LogP contribution in [-0.4, -0.2) is 23.6 Å². The number of carbonyl (C=O) groups is 1. The van der Waals surface area contributed by atoms with Gasteiger partial charge in [-0.15, -0.1) is 0 Å². The van der Waals surface area contributed by atoms with E-state index in [9.17, 15) is 4.79 Å². The van der Waals surface area contributed by atoms with E-state index in [-0.39, 0.29) is 12.0 Å². The number of hydrogen-bond donors (Lipinski definition) is 1. The van der Waals surface area contributed by atoms with Crippen LogP contribution < -0.4 is 5.32 Å². The number of fused-ring (bicyclic) bond motifs is 1. The average molecular weight is 297 g/mol. The third-order valence-corrected chi connectivity index (χ3v) is 4.20. The van der Waals surface area contributed by atoms with Crippen LogP contribution in [0.3, 0.4) is 0 Å². The number of thiazole rings is 1. The van der Waals surface area contributed by atoms with Crippen LogP contribution in [0.1, 0.15) is 19.3 Å². The topological polar surface area (TPSA) is 51.2 Å². The van der Waals surface area contributed by atoms with Gasteiger partial charge in [-0.25, -0.2) is 4.98 Å². The molecule has 1 fully saturated rings. The molecule has 0 bridgehead atoms. The highest BCUT2D eigenvalue weighted by molar-refractivity contribution is 7.22. The van der Waals surface area contributed by atoms with Crippen molar-refractivity contribution in [1.82, 2.24) is 4.98 Å². The second kappa shape index (κ2) is 5.45. The van der Waals surface area contributed by atoms with Crippen molar-refractivity contribution in [1.29, 1.82) is 0 Å². The highest BCUT2D eigenvalue weighted by Gasteiger charge is 2.19. The lowest BCUT2D eigenvalue weighted by atomic mass is 10.2. The molecular weight excluding hydrogens is 284 g/mol. The van der Waals surface area contributed by atoms with Crippen molar-refractivity contribution in [3.63, 3.8) is 0 Å². The Balaban J connectivity index is 1.68. The first-order valence-electron chi connectivity index (χ1n) is 6.18. The average Bonchev–Trinajstić information content (AvgIpc) is 2.97. The van der Waals surface area contributed by atoms with E-state index in [1.54, 1.807) is 6.07 Å². The van der Waals surface area contributed by atoms with Crippen LogP contribution in [0.15, 0.2) is 18.2 Å². The minimum atomic E-state index is -0.0444. The van der Waals surface area contributed by atoms with Gasteiger partial charge in [0, 0.05) is 11.6 Å². The monoisotopic (exact) mass is 296 g/mol. The highest BCUT2D eigenvalue weighted by atomic mass is 35.5. The van der Waals surface area contributed by atoms with E-state index in [4.69, 9.17) is 16.3 Å². The number of ether oxygens (including phenoxy) is 1. The molecule has 4 nitrogen and oxygen atoms in total. The lowest BCUT2D eigenvalue weighted by Gasteiger charge is -2.07. The fourth-order valence-corrected chi connectivity index (χ4v) is 3.29. The van der Waals surface area contributed by atoms with Crippen LogP contribution in [0, 0.1) is 0 Å². The third-order valence-electron chi connectivity index (χ3n) is 3.03. The lowest BCUT2D eigenvalue weighted by molar-refractivity contribution is -0.118. The number of carbonyl (C=O) groups excluding carboxylic acids is 1. The maximum absolute atomic E-state index is 11.9. The van der Waals surface area contributed by atoms with E-state index < -0.39 is 0 Å². The van der Waals surface area contributed by atoms with Gasteiger partial charge in [-0.2, -0.15) is 0 Å². The first-order chi connectivity index (χ1) is 9.20. The highest BCUT2D eigenvalue weighted by Crippen LogP contribution is 2.28. The van der Waals surface area contributed by atoms with Crippen LogP contribution in [0.4, 0.5) is 5.13 Å². The fourth-order valence-electron chi connectivity index (χ4n) is 2.13. The first-order valence-corrected chi connectivity index (χ1v) is 7.38. The molecule has 100 valence electrons. The van der Waals surface area contributed by atoms with E-state index in [0.717, 1.165) is 29.7 Å². The van der Waals surface area contributed by atoms with Crippen molar-refractivity contribution >= 4 is 44.2 Å². The SMILES string of the molecule is O=C(CC1CCCO1)Nc1nc2ccc(Cl)cc2s1. The molecule has 0 spiro atoms. The molecule has 1 amide bonds. The molecule has 1 aromatic heterocycles. The lowest BCUT2D eigenvalue weighted by Crippen LogP contribution is -2.19. The third kappa shape index (κ3) is 3.05. The Kier molecular flexibility index (Phi) is 3.68. The molecule has 1 atom stereocenters. The molecule has 2 heterocycles. The molecule has 0 saturated carbocycles. The molecule has 1 N–H and O–H groups in total. The number of benzene rings is 1. The molecule has 0 aliphatic carbocycles. The van der Waals surface area contributed by atoms with E-state index in [1.165, 1.54) is 11.3 Å². The molecule has 1 saturated heterocycles. The van der Waals surface area contributed by atoms with Crippen LogP contribution in [0.25, 0.3) is 10.2 Å². The Morgan fingerprint density at radius 2 is 2.47 bits per heavy atom. The van der Waals surface area contributed by atoms with Crippen molar-refractivity contribution in [2.75, 3.05) is 11.9 Å². The Labute approximate surface area is 119 Å². The molecule has 3 rings (SSSR count). The molecule has 1 aliphatic heterocycles. The van der Waals surface area contributed by atoms with Gasteiger partial charge in [0.1, 0.15) is 0 Å². The minimum Gasteiger partial charge on any atom is -0.378 e. The molecule has 1 unspecified atom stereocenters. The molecule has 0 radical (unpaired) electrons. The Morgan fingerprint density at radius 3 is 3.26 bits per heavy atom.